The number of hydrogen-bond donors (Lipinski definition) is 1. The molecule has 2 aromatic heterocycles. The molecule has 1 aliphatic heterocycles. The molecule has 7 nitrogen and oxygen atoms in total. The number of hydrogen-bond acceptors (Lipinski definition) is 4. The van der Waals surface area contributed by atoms with Crippen molar-refractivity contribution in [2.24, 2.45) is 0 Å². The number of nitrogens with one attached hydrogen (secondary N) is 1. The molecule has 1 saturated heterocycles. The molecule has 0 radical (unpaired) electrons. The summed E-state index contributed by atoms with van der Waals surface area (Å²) in [5.74, 6) is 0.520. The Hall–Kier alpha value is -3.45. The minimum Gasteiger partial charge on any atom is -0.336 e. The Morgan fingerprint density at radius 2 is 1.71 bits per heavy atom. The van der Waals surface area contributed by atoms with E-state index in [1.807, 2.05) is 53.4 Å². The number of para-hydroxylation sites is 1. The van der Waals surface area contributed by atoms with Crippen molar-refractivity contribution in [2.75, 3.05) is 26.2 Å². The maximum atomic E-state index is 13.2. The van der Waals surface area contributed by atoms with Crippen LogP contribution < -0.4 is 5.56 Å². The van der Waals surface area contributed by atoms with Gasteiger partial charge in [-0.1, -0.05) is 37.5 Å². The first-order valence-electron chi connectivity index (χ1n) is 12.3. The molecule has 7 heteroatoms. The first-order chi connectivity index (χ1) is 16.7. The van der Waals surface area contributed by atoms with Gasteiger partial charge in [0.2, 0.25) is 5.95 Å². The summed E-state index contributed by atoms with van der Waals surface area (Å²) >= 11 is 0. The first-order valence-corrected chi connectivity index (χ1v) is 12.3. The summed E-state index contributed by atoms with van der Waals surface area (Å²) in [6.07, 6.45) is 6.63. The van der Waals surface area contributed by atoms with E-state index in [1.165, 1.54) is 32.1 Å². The van der Waals surface area contributed by atoms with Crippen LogP contribution in [0.15, 0.2) is 59.4 Å². The average molecular weight is 456 g/mol. The van der Waals surface area contributed by atoms with Gasteiger partial charge >= 0.3 is 0 Å². The zero-order valence-electron chi connectivity index (χ0n) is 19.2. The van der Waals surface area contributed by atoms with E-state index in [0.29, 0.717) is 17.6 Å². The van der Waals surface area contributed by atoms with Crippen LogP contribution in [0.5, 0.6) is 0 Å². The highest BCUT2D eigenvalue weighted by Crippen LogP contribution is 2.24. The number of amides is 1. The molecular formula is C27H29N5O2. The Bertz CT molecular complexity index is 1410. The maximum Gasteiger partial charge on any atom is 0.257 e. The smallest absolute Gasteiger partial charge is 0.257 e. The Morgan fingerprint density at radius 3 is 2.53 bits per heavy atom. The third kappa shape index (κ3) is 3.80. The molecule has 1 N–H and O–H groups in total. The topological polar surface area (TPSA) is 74.2 Å². The number of imidazole rings is 1. The van der Waals surface area contributed by atoms with Gasteiger partial charge in [-0.15, -0.1) is 0 Å². The molecule has 0 atom stereocenters. The van der Waals surface area contributed by atoms with E-state index in [0.717, 1.165) is 48.1 Å². The summed E-state index contributed by atoms with van der Waals surface area (Å²) in [6.45, 7) is 3.45. The molecule has 0 bridgehead atoms. The summed E-state index contributed by atoms with van der Waals surface area (Å²) in [6, 6.07) is 17.4. The molecule has 2 aliphatic rings. The second kappa shape index (κ2) is 8.72. The van der Waals surface area contributed by atoms with E-state index in [1.54, 1.807) is 10.6 Å². The zero-order chi connectivity index (χ0) is 23.1. The van der Waals surface area contributed by atoms with Gasteiger partial charge < -0.3 is 9.88 Å². The van der Waals surface area contributed by atoms with Gasteiger partial charge in [0.25, 0.3) is 11.5 Å². The van der Waals surface area contributed by atoms with E-state index >= 15 is 0 Å². The molecule has 1 saturated carbocycles. The van der Waals surface area contributed by atoms with Crippen LogP contribution in [0.25, 0.3) is 27.9 Å². The summed E-state index contributed by atoms with van der Waals surface area (Å²) in [5, 5.41) is 0.964. The van der Waals surface area contributed by atoms with E-state index in [9.17, 15) is 9.59 Å². The van der Waals surface area contributed by atoms with Crippen molar-refractivity contribution in [2.45, 2.75) is 38.1 Å². The fourth-order valence-electron chi connectivity index (χ4n) is 5.56. The van der Waals surface area contributed by atoms with Crippen molar-refractivity contribution in [3.05, 3.63) is 70.5 Å². The van der Waals surface area contributed by atoms with E-state index in [-0.39, 0.29) is 11.5 Å². The number of carbonyl (C=O) groups excluding carboxylic acids is 1. The highest BCUT2D eigenvalue weighted by atomic mass is 16.2. The van der Waals surface area contributed by atoms with Crippen molar-refractivity contribution < 1.29 is 4.79 Å². The normalized spacial score (nSPS) is 18.1. The predicted molar refractivity (Wildman–Crippen MR) is 134 cm³/mol. The van der Waals surface area contributed by atoms with E-state index in [4.69, 9.17) is 0 Å². The first kappa shape index (κ1) is 21.1. The molecule has 2 fully saturated rings. The maximum absolute atomic E-state index is 13.2. The number of nitrogens with zero attached hydrogens (tertiary/aromatic N) is 4. The van der Waals surface area contributed by atoms with Crippen LogP contribution in [0, 0.1) is 0 Å². The number of H-pyrrole nitrogens is 1. The van der Waals surface area contributed by atoms with Crippen LogP contribution in [0.3, 0.4) is 0 Å². The minimum atomic E-state index is -0.148. The molecule has 0 spiro atoms. The molecule has 6 rings (SSSR count). The van der Waals surface area contributed by atoms with Gasteiger partial charge in [0.1, 0.15) is 0 Å². The van der Waals surface area contributed by atoms with Crippen LogP contribution >= 0.6 is 0 Å². The molecule has 174 valence electrons. The minimum absolute atomic E-state index is 0.0590. The van der Waals surface area contributed by atoms with Gasteiger partial charge in [0.05, 0.1) is 16.6 Å². The number of carbonyl (C=O) groups is 1. The summed E-state index contributed by atoms with van der Waals surface area (Å²) in [5.41, 5.74) is 2.78. The molecule has 1 amide bonds. The van der Waals surface area contributed by atoms with Gasteiger partial charge in [0.15, 0.2) is 0 Å². The number of benzene rings is 2. The third-order valence-corrected chi connectivity index (χ3v) is 7.42. The number of pyridine rings is 1. The van der Waals surface area contributed by atoms with Crippen LogP contribution in [-0.4, -0.2) is 62.5 Å². The fraction of sp³-hybridized carbons (Fsp3) is 0.370. The Kier molecular flexibility index (Phi) is 5.41. The van der Waals surface area contributed by atoms with Crippen molar-refractivity contribution in [3.63, 3.8) is 0 Å². The van der Waals surface area contributed by atoms with Crippen molar-refractivity contribution in [3.8, 4) is 5.95 Å². The molecule has 4 aromatic rings. The molecule has 34 heavy (non-hydrogen) atoms. The molecular weight excluding hydrogens is 426 g/mol. The van der Waals surface area contributed by atoms with Gasteiger partial charge in [-0.25, -0.2) is 9.55 Å². The molecule has 2 aromatic carbocycles. The monoisotopic (exact) mass is 455 g/mol. The number of aromatic amines is 1. The van der Waals surface area contributed by atoms with Gasteiger partial charge in [-0.05, 0) is 48.6 Å². The number of piperazine rings is 1. The molecule has 0 unspecified atom stereocenters. The lowest BCUT2D eigenvalue weighted by Gasteiger charge is -2.40. The van der Waals surface area contributed by atoms with Crippen LogP contribution in [0.1, 0.15) is 42.5 Å². The average Bonchev–Trinajstić information content (AvgIpc) is 3.31. The lowest BCUT2D eigenvalue weighted by atomic mass is 9.94. The summed E-state index contributed by atoms with van der Waals surface area (Å²) in [4.78, 5) is 38.4. The van der Waals surface area contributed by atoms with Crippen LogP contribution in [-0.2, 0) is 0 Å². The quantitative estimate of drug-likeness (QED) is 0.508. The summed E-state index contributed by atoms with van der Waals surface area (Å²) in [7, 11) is 0. The lowest BCUT2D eigenvalue weighted by molar-refractivity contribution is 0.0523. The summed E-state index contributed by atoms with van der Waals surface area (Å²) < 4.78 is 1.58. The van der Waals surface area contributed by atoms with Gasteiger partial charge in [-0.2, -0.15) is 0 Å². The van der Waals surface area contributed by atoms with E-state index < -0.39 is 0 Å². The third-order valence-electron chi connectivity index (χ3n) is 7.42. The van der Waals surface area contributed by atoms with Crippen molar-refractivity contribution >= 4 is 27.8 Å². The second-order valence-corrected chi connectivity index (χ2v) is 9.48. The molecule has 1 aliphatic carbocycles. The van der Waals surface area contributed by atoms with Gasteiger partial charge in [0, 0.05) is 43.9 Å². The zero-order valence-corrected chi connectivity index (χ0v) is 19.2. The van der Waals surface area contributed by atoms with Gasteiger partial charge in [-0.3, -0.25) is 14.5 Å². The van der Waals surface area contributed by atoms with Crippen molar-refractivity contribution in [1.82, 2.24) is 24.3 Å². The highest BCUT2D eigenvalue weighted by molar-refractivity contribution is 5.97. The predicted octanol–water partition coefficient (Wildman–Crippen LogP) is 3.96. The van der Waals surface area contributed by atoms with Crippen LogP contribution in [0.2, 0.25) is 0 Å². The number of fused-ring (bicyclic) bond motifs is 2. The lowest BCUT2D eigenvalue weighted by Crippen LogP contribution is -2.52. The number of rotatable bonds is 3. The fourth-order valence-corrected chi connectivity index (χ4v) is 5.56. The Balaban J connectivity index is 1.24. The SMILES string of the molecule is O=C(c1ccc2nc(-n3c(=O)ccc4ccccc43)[nH]c2c1)N1CCN(C2CCCCC2)CC1. The second-order valence-electron chi connectivity index (χ2n) is 9.48. The van der Waals surface area contributed by atoms with Crippen LogP contribution in [0.4, 0.5) is 0 Å². The molecule has 3 heterocycles. The highest BCUT2D eigenvalue weighted by Gasteiger charge is 2.27. The Morgan fingerprint density at radius 1 is 0.912 bits per heavy atom. The largest absolute Gasteiger partial charge is 0.336 e. The van der Waals surface area contributed by atoms with E-state index in [2.05, 4.69) is 14.9 Å². The number of aromatic nitrogens is 3. The Labute approximate surface area is 198 Å². The van der Waals surface area contributed by atoms with Crippen molar-refractivity contribution in [1.29, 1.82) is 0 Å². The standard InChI is InChI=1S/C27H29N5O2/c33-25-13-11-19-6-4-5-9-24(19)32(25)27-28-22-12-10-20(18-23(22)29-27)26(34)31-16-14-30(15-17-31)21-7-2-1-3-8-21/h4-6,9-13,18,21H,1-3,7-8,14-17H2,(H,28,29).